The maximum absolute atomic E-state index is 13.4. The number of alkyl halides is 3. The Labute approximate surface area is 223 Å². The average molecular weight is 551 g/mol. The van der Waals surface area contributed by atoms with Crippen LogP contribution >= 0.6 is 11.8 Å². The number of halogens is 3. The van der Waals surface area contributed by atoms with E-state index in [0.29, 0.717) is 35.0 Å². The van der Waals surface area contributed by atoms with E-state index in [0.717, 1.165) is 29.1 Å². The van der Waals surface area contributed by atoms with Crippen molar-refractivity contribution in [1.29, 1.82) is 0 Å². The largest absolute Gasteiger partial charge is 0.401 e. The van der Waals surface area contributed by atoms with Gasteiger partial charge in [0.05, 0.1) is 17.5 Å². The number of carbonyl (C=O) groups excluding carboxylic acids is 1. The maximum Gasteiger partial charge on any atom is 0.401 e. The first-order valence-electron chi connectivity index (χ1n) is 12.7. The molecule has 38 heavy (non-hydrogen) atoms. The Morgan fingerprint density at radius 2 is 1.97 bits per heavy atom. The molecule has 3 aromatic rings. The van der Waals surface area contributed by atoms with E-state index in [-0.39, 0.29) is 36.0 Å². The number of fused-ring (bicyclic) bond motifs is 1. The topological polar surface area (TPSA) is 105 Å². The average Bonchev–Trinajstić information content (AvgIpc) is 3.17. The summed E-state index contributed by atoms with van der Waals surface area (Å²) >= 11 is 1.45. The highest BCUT2D eigenvalue weighted by molar-refractivity contribution is 7.98. The van der Waals surface area contributed by atoms with Crippen LogP contribution in [0.5, 0.6) is 0 Å². The lowest BCUT2D eigenvalue weighted by Gasteiger charge is -2.34. The standard InChI is InChI=1S/C26H33F3N6O2S/c1-14-9-21(38-4)19(24(36)34-14)11-31-25(37)22-16(3)35(23-20(22)10-30-13-33-23)15(2)17-5-7-18(8-6-17)32-12-26(27,28)29/h9-10,13,15,17-18,32H,5-8,11-12H2,1-4H3,(H,31,37)(H,34,36). The van der Waals surface area contributed by atoms with Crippen LogP contribution in [0, 0.1) is 19.8 Å². The van der Waals surface area contributed by atoms with Gasteiger partial charge >= 0.3 is 6.18 Å². The van der Waals surface area contributed by atoms with Crippen molar-refractivity contribution >= 4 is 28.7 Å². The summed E-state index contributed by atoms with van der Waals surface area (Å²) in [5, 5.41) is 6.16. The number of aryl methyl sites for hydroxylation is 1. The number of nitrogens with zero attached hydrogens (tertiary/aromatic N) is 3. The number of carbonyl (C=O) groups is 1. The first kappa shape index (κ1) is 28.2. The normalized spacial score (nSPS) is 19.0. The minimum atomic E-state index is -4.22. The molecule has 3 aromatic heterocycles. The van der Waals surface area contributed by atoms with E-state index < -0.39 is 12.7 Å². The van der Waals surface area contributed by atoms with Gasteiger partial charge in [-0.05, 0) is 64.7 Å². The van der Waals surface area contributed by atoms with Gasteiger partial charge in [0, 0.05) is 46.7 Å². The highest BCUT2D eigenvalue weighted by atomic mass is 32.2. The van der Waals surface area contributed by atoms with E-state index in [2.05, 4.69) is 32.5 Å². The van der Waals surface area contributed by atoms with Crippen molar-refractivity contribution in [2.24, 2.45) is 5.92 Å². The number of hydrogen-bond donors (Lipinski definition) is 3. The van der Waals surface area contributed by atoms with Crippen molar-refractivity contribution < 1.29 is 18.0 Å². The van der Waals surface area contributed by atoms with E-state index in [4.69, 9.17) is 0 Å². The van der Waals surface area contributed by atoms with Crippen molar-refractivity contribution in [3.05, 3.63) is 51.5 Å². The van der Waals surface area contributed by atoms with Crippen molar-refractivity contribution in [3.63, 3.8) is 0 Å². The molecule has 0 spiro atoms. The molecule has 0 saturated heterocycles. The molecule has 1 unspecified atom stereocenters. The molecule has 0 aromatic carbocycles. The van der Waals surface area contributed by atoms with Crippen LogP contribution in [0.4, 0.5) is 13.2 Å². The second-order valence-electron chi connectivity index (χ2n) is 9.95. The summed E-state index contributed by atoms with van der Waals surface area (Å²) in [4.78, 5) is 38.2. The predicted octanol–water partition coefficient (Wildman–Crippen LogP) is 4.66. The van der Waals surface area contributed by atoms with Crippen LogP contribution in [0.15, 0.2) is 28.3 Å². The fraction of sp³-hybridized carbons (Fsp3) is 0.538. The van der Waals surface area contributed by atoms with Gasteiger partial charge in [0.25, 0.3) is 11.5 Å². The highest BCUT2D eigenvalue weighted by Gasteiger charge is 2.33. The molecule has 1 saturated carbocycles. The molecule has 8 nitrogen and oxygen atoms in total. The van der Waals surface area contributed by atoms with E-state index in [9.17, 15) is 22.8 Å². The molecule has 4 rings (SSSR count). The van der Waals surface area contributed by atoms with E-state index >= 15 is 0 Å². The Morgan fingerprint density at radius 3 is 2.63 bits per heavy atom. The van der Waals surface area contributed by atoms with E-state index in [1.807, 2.05) is 30.7 Å². The van der Waals surface area contributed by atoms with E-state index in [1.165, 1.54) is 18.1 Å². The predicted molar refractivity (Wildman–Crippen MR) is 142 cm³/mol. The molecular weight excluding hydrogens is 517 g/mol. The summed E-state index contributed by atoms with van der Waals surface area (Å²) in [6.45, 7) is 4.86. The molecule has 206 valence electrons. The number of pyridine rings is 1. The smallest absolute Gasteiger partial charge is 0.348 e. The summed E-state index contributed by atoms with van der Waals surface area (Å²) in [6.07, 6.45) is 3.61. The number of thioether (sulfide) groups is 1. The third kappa shape index (κ3) is 6.06. The fourth-order valence-electron chi connectivity index (χ4n) is 5.52. The number of hydrogen-bond acceptors (Lipinski definition) is 6. The summed E-state index contributed by atoms with van der Waals surface area (Å²) in [5.74, 6) is -0.0882. The third-order valence-electron chi connectivity index (χ3n) is 7.47. The SMILES string of the molecule is CSc1cc(C)[nH]c(=O)c1CNC(=O)c1c(C)n(C(C)C2CCC(NCC(F)(F)F)CC2)c2ncncc12. The Bertz CT molecular complexity index is 1360. The zero-order valence-corrected chi connectivity index (χ0v) is 22.7. The molecule has 1 amide bonds. The van der Waals surface area contributed by atoms with Gasteiger partial charge in [0.2, 0.25) is 0 Å². The summed E-state index contributed by atoms with van der Waals surface area (Å²) < 4.78 is 39.8. The lowest BCUT2D eigenvalue weighted by Crippen LogP contribution is -2.40. The minimum absolute atomic E-state index is 0.0134. The van der Waals surface area contributed by atoms with Crippen LogP contribution < -0.4 is 16.2 Å². The molecule has 3 heterocycles. The van der Waals surface area contributed by atoms with Gasteiger partial charge in [-0.3, -0.25) is 9.59 Å². The Balaban J connectivity index is 1.54. The molecule has 1 atom stereocenters. The second kappa shape index (κ2) is 11.5. The first-order chi connectivity index (χ1) is 18.0. The lowest BCUT2D eigenvalue weighted by molar-refractivity contribution is -0.126. The van der Waals surface area contributed by atoms with Gasteiger partial charge in [-0.2, -0.15) is 13.2 Å². The van der Waals surface area contributed by atoms with Crippen molar-refractivity contribution in [1.82, 2.24) is 30.2 Å². The number of nitrogens with one attached hydrogen (secondary N) is 3. The molecule has 12 heteroatoms. The van der Waals surface area contributed by atoms with Gasteiger partial charge in [-0.15, -0.1) is 11.8 Å². The van der Waals surface area contributed by atoms with Crippen LogP contribution in [0.1, 0.15) is 66.0 Å². The van der Waals surface area contributed by atoms with Gasteiger partial charge in [0.1, 0.15) is 12.0 Å². The molecule has 3 N–H and O–H groups in total. The number of H-pyrrole nitrogens is 1. The Kier molecular flexibility index (Phi) is 8.51. The van der Waals surface area contributed by atoms with Crippen LogP contribution in [-0.4, -0.2) is 50.4 Å². The molecular formula is C26H33F3N6O2S. The summed E-state index contributed by atoms with van der Waals surface area (Å²) in [6, 6.07) is 1.72. The molecule has 1 aliphatic carbocycles. The Morgan fingerprint density at radius 1 is 1.26 bits per heavy atom. The molecule has 0 radical (unpaired) electrons. The van der Waals surface area contributed by atoms with Crippen LogP contribution in [0.3, 0.4) is 0 Å². The molecule has 0 aliphatic heterocycles. The number of aromatic nitrogens is 4. The lowest BCUT2D eigenvalue weighted by atomic mass is 9.82. The minimum Gasteiger partial charge on any atom is -0.348 e. The van der Waals surface area contributed by atoms with Crippen LogP contribution in [-0.2, 0) is 6.54 Å². The highest BCUT2D eigenvalue weighted by Crippen LogP contribution is 2.37. The van der Waals surface area contributed by atoms with Crippen LogP contribution in [0.25, 0.3) is 11.0 Å². The third-order valence-corrected chi connectivity index (χ3v) is 8.27. The monoisotopic (exact) mass is 550 g/mol. The second-order valence-corrected chi connectivity index (χ2v) is 10.8. The first-order valence-corrected chi connectivity index (χ1v) is 13.9. The van der Waals surface area contributed by atoms with Gasteiger partial charge in [-0.25, -0.2) is 9.97 Å². The van der Waals surface area contributed by atoms with Crippen molar-refractivity contribution in [3.8, 4) is 0 Å². The number of rotatable bonds is 8. The van der Waals surface area contributed by atoms with Crippen molar-refractivity contribution in [2.45, 2.75) is 76.2 Å². The summed E-state index contributed by atoms with van der Waals surface area (Å²) in [7, 11) is 0. The van der Waals surface area contributed by atoms with E-state index in [1.54, 1.807) is 6.20 Å². The fourth-order valence-corrected chi connectivity index (χ4v) is 6.23. The summed E-state index contributed by atoms with van der Waals surface area (Å²) in [5.41, 5.74) is 2.87. The van der Waals surface area contributed by atoms with Crippen molar-refractivity contribution in [2.75, 3.05) is 12.8 Å². The molecule has 1 aliphatic rings. The number of aromatic amines is 1. The van der Waals surface area contributed by atoms with Gasteiger partial charge in [0.15, 0.2) is 0 Å². The maximum atomic E-state index is 13.4. The molecule has 1 fully saturated rings. The quantitative estimate of drug-likeness (QED) is 0.353. The number of amides is 1. The molecule has 0 bridgehead atoms. The zero-order chi connectivity index (χ0) is 27.6. The zero-order valence-electron chi connectivity index (χ0n) is 21.9. The van der Waals surface area contributed by atoms with Gasteiger partial charge < -0.3 is 20.2 Å². The Hall–Kier alpha value is -2.86. The van der Waals surface area contributed by atoms with Gasteiger partial charge in [-0.1, -0.05) is 0 Å². The van der Waals surface area contributed by atoms with Crippen LogP contribution in [0.2, 0.25) is 0 Å².